The molecule has 5 heteroatoms. The highest BCUT2D eigenvalue weighted by molar-refractivity contribution is 7.89. The molecule has 0 radical (unpaired) electrons. The van der Waals surface area contributed by atoms with Gasteiger partial charge in [0.15, 0.2) is 5.78 Å². The van der Waals surface area contributed by atoms with Gasteiger partial charge in [0.1, 0.15) is 0 Å². The predicted molar refractivity (Wildman–Crippen MR) is 82.3 cm³/mol. The second-order valence-corrected chi connectivity index (χ2v) is 7.16. The summed E-state index contributed by atoms with van der Waals surface area (Å²) in [5.41, 5.74) is 1.59. The van der Waals surface area contributed by atoms with Gasteiger partial charge in [-0.05, 0) is 38.3 Å². The van der Waals surface area contributed by atoms with Crippen molar-refractivity contribution >= 4 is 15.8 Å². The number of hydrogen-bond acceptors (Lipinski definition) is 3. The largest absolute Gasteiger partial charge is 0.294 e. The summed E-state index contributed by atoms with van der Waals surface area (Å²) in [6.45, 7) is 1.90. The Kier molecular flexibility index (Phi) is 5.17. The molecule has 1 fully saturated rings. The molecule has 0 unspecified atom stereocenters. The third-order valence-electron chi connectivity index (χ3n) is 3.68. The molecule has 0 amide bonds. The van der Waals surface area contributed by atoms with Crippen LogP contribution in [-0.2, 0) is 14.8 Å². The molecule has 1 aliphatic carbocycles. The zero-order valence-electron chi connectivity index (χ0n) is 12.3. The van der Waals surface area contributed by atoms with E-state index in [-0.39, 0.29) is 10.7 Å². The Balaban J connectivity index is 2.13. The van der Waals surface area contributed by atoms with E-state index in [0.29, 0.717) is 18.4 Å². The molecule has 0 heterocycles. The van der Waals surface area contributed by atoms with Crippen LogP contribution in [0.25, 0.3) is 0 Å². The first-order chi connectivity index (χ1) is 9.99. The number of allylic oxidation sites excluding steroid dienone is 1. The molecule has 4 nitrogen and oxygen atoms in total. The van der Waals surface area contributed by atoms with Crippen LogP contribution in [0.15, 0.2) is 40.9 Å². The lowest BCUT2D eigenvalue weighted by atomic mass is 9.96. The standard InChI is InChI=1S/C16H21NO3S/c1-13-8-10-15(11-9-13)21(19,20)17-12-14-6-4-2-3-5-7-16(14)18/h8-12,17H,2-7H2,1H3/b14-12-. The summed E-state index contributed by atoms with van der Waals surface area (Å²) in [6.07, 6.45) is 6.53. The number of Topliss-reactive ketones (excluding diaryl/α,β-unsaturated/α-hetero) is 1. The van der Waals surface area contributed by atoms with Crippen LogP contribution < -0.4 is 4.72 Å². The molecule has 1 aliphatic rings. The lowest BCUT2D eigenvalue weighted by molar-refractivity contribution is -0.116. The number of aryl methyl sites for hydroxylation is 1. The van der Waals surface area contributed by atoms with Crippen molar-refractivity contribution in [3.8, 4) is 0 Å². The van der Waals surface area contributed by atoms with Gasteiger partial charge in [-0.25, -0.2) is 8.42 Å². The van der Waals surface area contributed by atoms with Gasteiger partial charge in [-0.1, -0.05) is 30.5 Å². The van der Waals surface area contributed by atoms with E-state index in [9.17, 15) is 13.2 Å². The molecule has 1 saturated carbocycles. The first kappa shape index (κ1) is 15.8. The molecule has 21 heavy (non-hydrogen) atoms. The van der Waals surface area contributed by atoms with Gasteiger partial charge in [0.2, 0.25) is 0 Å². The fourth-order valence-electron chi connectivity index (χ4n) is 2.34. The molecule has 0 bridgehead atoms. The Labute approximate surface area is 126 Å². The van der Waals surface area contributed by atoms with E-state index in [0.717, 1.165) is 31.2 Å². The predicted octanol–water partition coefficient (Wildman–Crippen LogP) is 3.08. The van der Waals surface area contributed by atoms with Crippen LogP contribution in [-0.4, -0.2) is 14.2 Å². The number of hydrogen-bond donors (Lipinski definition) is 1. The number of carbonyl (C=O) groups is 1. The summed E-state index contributed by atoms with van der Waals surface area (Å²) in [4.78, 5) is 12.2. The highest BCUT2D eigenvalue weighted by Gasteiger charge is 2.15. The van der Waals surface area contributed by atoms with Gasteiger partial charge < -0.3 is 0 Å². The van der Waals surface area contributed by atoms with Crippen LogP contribution in [0.3, 0.4) is 0 Å². The lowest BCUT2D eigenvalue weighted by Crippen LogP contribution is -2.20. The Morgan fingerprint density at radius 1 is 1.00 bits per heavy atom. The smallest absolute Gasteiger partial charge is 0.261 e. The average Bonchev–Trinajstić information content (AvgIpc) is 2.43. The van der Waals surface area contributed by atoms with Crippen molar-refractivity contribution in [3.05, 3.63) is 41.6 Å². The number of rotatable bonds is 3. The van der Waals surface area contributed by atoms with Crippen LogP contribution in [0.4, 0.5) is 0 Å². The number of nitrogens with one attached hydrogen (secondary N) is 1. The average molecular weight is 307 g/mol. The lowest BCUT2D eigenvalue weighted by Gasteiger charge is -2.12. The van der Waals surface area contributed by atoms with Gasteiger partial charge in [0.05, 0.1) is 4.90 Å². The normalized spacial score (nSPS) is 19.1. The molecule has 1 aromatic carbocycles. The minimum atomic E-state index is -3.60. The van der Waals surface area contributed by atoms with Gasteiger partial charge in [-0.3, -0.25) is 9.52 Å². The second kappa shape index (κ2) is 6.89. The van der Waals surface area contributed by atoms with Gasteiger partial charge >= 0.3 is 0 Å². The molecule has 0 saturated heterocycles. The third-order valence-corrected chi connectivity index (χ3v) is 5.00. The first-order valence-corrected chi connectivity index (χ1v) is 8.78. The summed E-state index contributed by atoms with van der Waals surface area (Å²) in [5.74, 6) is 0.0568. The maximum absolute atomic E-state index is 12.2. The van der Waals surface area contributed by atoms with Crippen molar-refractivity contribution in [1.82, 2.24) is 4.72 Å². The Hall–Kier alpha value is -1.62. The molecule has 1 N–H and O–H groups in total. The fraction of sp³-hybridized carbons (Fsp3) is 0.438. The summed E-state index contributed by atoms with van der Waals surface area (Å²) in [7, 11) is -3.60. The molecule has 1 aromatic rings. The van der Waals surface area contributed by atoms with Gasteiger partial charge in [-0.2, -0.15) is 0 Å². The molecule has 0 spiro atoms. The minimum absolute atomic E-state index is 0.0568. The molecule has 0 atom stereocenters. The van der Waals surface area contributed by atoms with Crippen molar-refractivity contribution in [1.29, 1.82) is 0 Å². The second-order valence-electron chi connectivity index (χ2n) is 5.44. The SMILES string of the molecule is Cc1ccc(S(=O)(=O)N/C=C2/CCCCCCC2=O)cc1. The van der Waals surface area contributed by atoms with E-state index in [1.165, 1.54) is 6.20 Å². The topological polar surface area (TPSA) is 63.2 Å². The zero-order chi connectivity index (χ0) is 15.3. The number of benzene rings is 1. The highest BCUT2D eigenvalue weighted by Crippen LogP contribution is 2.19. The highest BCUT2D eigenvalue weighted by atomic mass is 32.2. The molecule has 2 rings (SSSR count). The summed E-state index contributed by atoms with van der Waals surface area (Å²) < 4.78 is 26.8. The molecular weight excluding hydrogens is 286 g/mol. The van der Waals surface area contributed by atoms with E-state index in [2.05, 4.69) is 4.72 Å². The van der Waals surface area contributed by atoms with Crippen molar-refractivity contribution in [3.63, 3.8) is 0 Å². The van der Waals surface area contributed by atoms with E-state index >= 15 is 0 Å². The van der Waals surface area contributed by atoms with Gasteiger partial charge in [-0.15, -0.1) is 0 Å². The van der Waals surface area contributed by atoms with Crippen LogP contribution in [0, 0.1) is 6.92 Å². The van der Waals surface area contributed by atoms with Crippen molar-refractivity contribution < 1.29 is 13.2 Å². The monoisotopic (exact) mass is 307 g/mol. The van der Waals surface area contributed by atoms with Crippen molar-refractivity contribution in [2.45, 2.75) is 50.3 Å². The Morgan fingerprint density at radius 3 is 2.29 bits per heavy atom. The van der Waals surface area contributed by atoms with E-state index < -0.39 is 10.0 Å². The van der Waals surface area contributed by atoms with Crippen molar-refractivity contribution in [2.24, 2.45) is 0 Å². The maximum atomic E-state index is 12.2. The molecule has 0 aromatic heterocycles. The maximum Gasteiger partial charge on any atom is 0.261 e. The van der Waals surface area contributed by atoms with Crippen molar-refractivity contribution in [2.75, 3.05) is 0 Å². The van der Waals surface area contributed by atoms with Crippen LogP contribution in [0.1, 0.15) is 44.1 Å². The van der Waals surface area contributed by atoms with E-state index in [4.69, 9.17) is 0 Å². The minimum Gasteiger partial charge on any atom is -0.294 e. The van der Waals surface area contributed by atoms with Gasteiger partial charge in [0, 0.05) is 18.2 Å². The zero-order valence-corrected chi connectivity index (χ0v) is 13.1. The number of ketones is 1. The van der Waals surface area contributed by atoms with Crippen LogP contribution in [0.5, 0.6) is 0 Å². The Morgan fingerprint density at radius 2 is 1.62 bits per heavy atom. The number of sulfonamides is 1. The molecular formula is C16H21NO3S. The van der Waals surface area contributed by atoms with Crippen LogP contribution >= 0.6 is 0 Å². The van der Waals surface area contributed by atoms with E-state index in [1.807, 2.05) is 6.92 Å². The number of carbonyl (C=O) groups excluding carboxylic acids is 1. The molecule has 114 valence electrons. The quantitative estimate of drug-likeness (QED) is 0.873. The van der Waals surface area contributed by atoms with Crippen LogP contribution in [0.2, 0.25) is 0 Å². The Bertz CT molecular complexity index is 630. The van der Waals surface area contributed by atoms with Gasteiger partial charge in [0.25, 0.3) is 10.0 Å². The molecule has 0 aliphatic heterocycles. The summed E-state index contributed by atoms with van der Waals surface area (Å²) in [5, 5.41) is 0. The third kappa shape index (κ3) is 4.43. The summed E-state index contributed by atoms with van der Waals surface area (Å²) in [6, 6.07) is 6.64. The summed E-state index contributed by atoms with van der Waals surface area (Å²) >= 11 is 0. The van der Waals surface area contributed by atoms with E-state index in [1.54, 1.807) is 24.3 Å². The first-order valence-electron chi connectivity index (χ1n) is 7.30. The fourth-order valence-corrected chi connectivity index (χ4v) is 3.27.